The normalized spacial score (nSPS) is 10.8. The first-order valence-corrected chi connectivity index (χ1v) is 6.43. The van der Waals surface area contributed by atoms with Gasteiger partial charge in [-0.05, 0) is 46.3 Å². The van der Waals surface area contributed by atoms with Crippen molar-refractivity contribution in [3.05, 3.63) is 52.8 Å². The molecule has 3 aromatic rings. The van der Waals surface area contributed by atoms with Crippen LogP contribution in [0.5, 0.6) is 0 Å². The van der Waals surface area contributed by atoms with Crippen LogP contribution >= 0.6 is 15.9 Å². The van der Waals surface area contributed by atoms with Gasteiger partial charge in [0.25, 0.3) is 0 Å². The number of H-pyrrole nitrogens is 1. The van der Waals surface area contributed by atoms with Crippen molar-refractivity contribution in [3.8, 4) is 22.8 Å². The Morgan fingerprint density at radius 2 is 1.60 bits per heavy atom. The van der Waals surface area contributed by atoms with Gasteiger partial charge in [-0.15, -0.1) is 10.2 Å². The topological polar surface area (TPSA) is 54.5 Å². The Morgan fingerprint density at radius 3 is 2.25 bits per heavy atom. The second kappa shape index (κ2) is 5.09. The number of benzene rings is 1. The van der Waals surface area contributed by atoms with E-state index in [4.69, 9.17) is 0 Å². The molecule has 0 saturated carbocycles. The lowest BCUT2D eigenvalue weighted by molar-refractivity contribution is 0.509. The standard InChI is InChI=1S/C13H7BrF2N4/c14-11-4-2-8(6-17-11)13-18-12(19-20-13)7-1-3-9(15)10(16)5-7/h1-6H,(H,18,19,20). The minimum Gasteiger partial charge on any atom is -0.321 e. The lowest BCUT2D eigenvalue weighted by Gasteiger charge is -1.97. The van der Waals surface area contributed by atoms with Crippen molar-refractivity contribution in [3.63, 3.8) is 0 Å². The van der Waals surface area contributed by atoms with E-state index in [-0.39, 0.29) is 0 Å². The number of hydrogen-bond donors (Lipinski definition) is 1. The van der Waals surface area contributed by atoms with Gasteiger partial charge in [0.2, 0.25) is 0 Å². The lowest BCUT2D eigenvalue weighted by atomic mass is 10.2. The summed E-state index contributed by atoms with van der Waals surface area (Å²) in [6, 6.07) is 7.14. The molecule has 0 aliphatic carbocycles. The van der Waals surface area contributed by atoms with Crippen LogP contribution in [0, 0.1) is 11.6 Å². The van der Waals surface area contributed by atoms with Crippen LogP contribution < -0.4 is 0 Å². The number of rotatable bonds is 2. The molecule has 0 aliphatic rings. The predicted molar refractivity (Wildman–Crippen MR) is 72.7 cm³/mol. The average molecular weight is 337 g/mol. The lowest BCUT2D eigenvalue weighted by Crippen LogP contribution is -1.87. The van der Waals surface area contributed by atoms with Gasteiger partial charge in [-0.2, -0.15) is 0 Å². The first kappa shape index (κ1) is 12.9. The molecule has 1 aromatic carbocycles. The van der Waals surface area contributed by atoms with Crippen molar-refractivity contribution in [2.24, 2.45) is 0 Å². The molecule has 100 valence electrons. The summed E-state index contributed by atoms with van der Waals surface area (Å²) in [4.78, 5) is 7.03. The van der Waals surface area contributed by atoms with E-state index in [9.17, 15) is 8.78 Å². The molecule has 0 radical (unpaired) electrons. The molecule has 2 heterocycles. The molecule has 2 aromatic heterocycles. The van der Waals surface area contributed by atoms with E-state index in [0.29, 0.717) is 21.8 Å². The largest absolute Gasteiger partial charge is 0.321 e. The Hall–Kier alpha value is -2.15. The summed E-state index contributed by atoms with van der Waals surface area (Å²) in [5.74, 6) is -0.956. The first-order valence-electron chi connectivity index (χ1n) is 5.63. The van der Waals surface area contributed by atoms with Crippen LogP contribution in [0.2, 0.25) is 0 Å². The number of aromatic nitrogens is 4. The maximum absolute atomic E-state index is 13.2. The van der Waals surface area contributed by atoms with Crippen LogP contribution in [0.25, 0.3) is 22.8 Å². The van der Waals surface area contributed by atoms with Crippen molar-refractivity contribution in [2.45, 2.75) is 0 Å². The summed E-state index contributed by atoms with van der Waals surface area (Å²) in [5, 5.41) is 7.89. The second-order valence-corrected chi connectivity index (χ2v) is 4.83. The predicted octanol–water partition coefficient (Wildman–Crippen LogP) is 3.57. The molecular formula is C13H7BrF2N4. The van der Waals surface area contributed by atoms with Crippen LogP contribution in [-0.2, 0) is 0 Å². The average Bonchev–Trinajstić information content (AvgIpc) is 2.92. The van der Waals surface area contributed by atoms with E-state index in [0.717, 1.165) is 17.7 Å². The zero-order chi connectivity index (χ0) is 14.1. The number of aromatic amines is 1. The molecule has 0 bridgehead atoms. The van der Waals surface area contributed by atoms with Gasteiger partial charge in [0, 0.05) is 17.3 Å². The second-order valence-electron chi connectivity index (χ2n) is 4.02. The molecule has 0 atom stereocenters. The summed E-state index contributed by atoms with van der Waals surface area (Å²) >= 11 is 3.24. The van der Waals surface area contributed by atoms with Crippen molar-refractivity contribution in [1.29, 1.82) is 0 Å². The van der Waals surface area contributed by atoms with Crippen molar-refractivity contribution in [1.82, 2.24) is 20.2 Å². The molecule has 1 N–H and O–H groups in total. The SMILES string of the molecule is Fc1ccc(-c2nnc(-c3ccc(Br)nc3)[nH]2)cc1F. The molecular weight excluding hydrogens is 330 g/mol. The number of halogens is 3. The highest BCUT2D eigenvalue weighted by molar-refractivity contribution is 9.10. The zero-order valence-corrected chi connectivity index (χ0v) is 11.5. The highest BCUT2D eigenvalue weighted by atomic mass is 79.9. The van der Waals surface area contributed by atoms with Crippen LogP contribution in [-0.4, -0.2) is 20.2 Å². The molecule has 0 spiro atoms. The molecule has 0 unspecified atom stereocenters. The summed E-state index contributed by atoms with van der Waals surface area (Å²) in [5.41, 5.74) is 1.17. The third kappa shape index (κ3) is 2.44. The number of hydrogen-bond acceptors (Lipinski definition) is 3. The molecule has 4 nitrogen and oxygen atoms in total. The molecule has 7 heteroatoms. The highest BCUT2D eigenvalue weighted by Crippen LogP contribution is 2.21. The van der Waals surface area contributed by atoms with Gasteiger partial charge in [0.05, 0.1) is 0 Å². The Kier molecular flexibility index (Phi) is 3.27. The van der Waals surface area contributed by atoms with E-state index in [2.05, 4.69) is 36.1 Å². The van der Waals surface area contributed by atoms with Gasteiger partial charge in [-0.3, -0.25) is 0 Å². The number of pyridine rings is 1. The van der Waals surface area contributed by atoms with E-state index >= 15 is 0 Å². The molecule has 3 rings (SSSR count). The molecule has 0 saturated heterocycles. The Morgan fingerprint density at radius 1 is 0.900 bits per heavy atom. The molecule has 0 fully saturated rings. The van der Waals surface area contributed by atoms with Gasteiger partial charge in [0.1, 0.15) is 4.60 Å². The molecule has 0 amide bonds. The van der Waals surface area contributed by atoms with E-state index < -0.39 is 11.6 Å². The molecule has 20 heavy (non-hydrogen) atoms. The minimum absolute atomic E-state index is 0.363. The van der Waals surface area contributed by atoms with Gasteiger partial charge in [-0.25, -0.2) is 13.8 Å². The van der Waals surface area contributed by atoms with Crippen molar-refractivity contribution in [2.75, 3.05) is 0 Å². The summed E-state index contributed by atoms with van der Waals surface area (Å²) in [6.07, 6.45) is 1.62. The number of nitrogens with zero attached hydrogens (tertiary/aromatic N) is 3. The van der Waals surface area contributed by atoms with Crippen LogP contribution in [0.15, 0.2) is 41.1 Å². The fraction of sp³-hybridized carbons (Fsp3) is 0. The number of nitrogens with one attached hydrogen (secondary N) is 1. The Labute approximate surface area is 121 Å². The maximum Gasteiger partial charge on any atom is 0.163 e. The van der Waals surface area contributed by atoms with Gasteiger partial charge >= 0.3 is 0 Å². The van der Waals surface area contributed by atoms with E-state index in [1.54, 1.807) is 12.3 Å². The summed E-state index contributed by atoms with van der Waals surface area (Å²) in [7, 11) is 0. The monoisotopic (exact) mass is 336 g/mol. The smallest absolute Gasteiger partial charge is 0.163 e. The van der Waals surface area contributed by atoms with Gasteiger partial charge < -0.3 is 4.98 Å². The van der Waals surface area contributed by atoms with Crippen LogP contribution in [0.4, 0.5) is 8.78 Å². The van der Waals surface area contributed by atoms with Gasteiger partial charge in [-0.1, -0.05) is 0 Å². The summed E-state index contributed by atoms with van der Waals surface area (Å²) in [6.45, 7) is 0. The molecule has 0 aliphatic heterocycles. The third-order valence-electron chi connectivity index (χ3n) is 2.68. The van der Waals surface area contributed by atoms with Crippen LogP contribution in [0.1, 0.15) is 0 Å². The van der Waals surface area contributed by atoms with Crippen molar-refractivity contribution < 1.29 is 8.78 Å². The minimum atomic E-state index is -0.925. The van der Waals surface area contributed by atoms with Crippen molar-refractivity contribution >= 4 is 15.9 Å². The highest BCUT2D eigenvalue weighted by Gasteiger charge is 2.10. The fourth-order valence-electron chi connectivity index (χ4n) is 1.68. The van der Waals surface area contributed by atoms with E-state index in [1.807, 2.05) is 6.07 Å². The maximum atomic E-state index is 13.2. The first-order chi connectivity index (χ1) is 9.63. The van der Waals surface area contributed by atoms with E-state index in [1.165, 1.54) is 6.07 Å². The Balaban J connectivity index is 1.97. The third-order valence-corrected chi connectivity index (χ3v) is 3.15. The fourth-order valence-corrected chi connectivity index (χ4v) is 1.92. The van der Waals surface area contributed by atoms with Crippen LogP contribution in [0.3, 0.4) is 0 Å². The Bertz CT molecular complexity index is 755. The summed E-state index contributed by atoms with van der Waals surface area (Å²) < 4.78 is 26.8. The zero-order valence-electron chi connectivity index (χ0n) is 9.94. The van der Waals surface area contributed by atoms with Gasteiger partial charge in [0.15, 0.2) is 23.3 Å². The quantitative estimate of drug-likeness (QED) is 0.728.